The van der Waals surface area contributed by atoms with Crippen molar-refractivity contribution in [2.75, 3.05) is 13.1 Å². The van der Waals surface area contributed by atoms with E-state index in [4.69, 9.17) is 4.98 Å². The highest BCUT2D eigenvalue weighted by Crippen LogP contribution is 2.27. The molecule has 1 N–H and O–H groups in total. The SMILES string of the molecule is O=C(NC1CCN(C(=O)c2ccncc2)CC1)c1nc(-c2ccccc2)n2c1CCCCC2. The topological polar surface area (TPSA) is 80.1 Å². The summed E-state index contributed by atoms with van der Waals surface area (Å²) in [7, 11) is 0. The Morgan fingerprint density at radius 2 is 1.67 bits per heavy atom. The molecule has 0 bridgehead atoms. The van der Waals surface area contributed by atoms with Gasteiger partial charge in [-0.15, -0.1) is 0 Å². The van der Waals surface area contributed by atoms with E-state index >= 15 is 0 Å². The molecular formula is C26H29N5O2. The second kappa shape index (κ2) is 9.57. The number of pyridine rings is 1. The number of amides is 2. The van der Waals surface area contributed by atoms with Crippen molar-refractivity contribution in [2.45, 2.75) is 51.1 Å². The molecule has 170 valence electrons. The van der Waals surface area contributed by atoms with Crippen LogP contribution in [0.4, 0.5) is 0 Å². The summed E-state index contributed by atoms with van der Waals surface area (Å²) in [6.45, 7) is 2.15. The summed E-state index contributed by atoms with van der Waals surface area (Å²) in [5.74, 6) is 0.811. The summed E-state index contributed by atoms with van der Waals surface area (Å²) in [5.41, 5.74) is 3.31. The van der Waals surface area contributed by atoms with E-state index in [-0.39, 0.29) is 17.9 Å². The van der Waals surface area contributed by atoms with Gasteiger partial charge in [-0.05, 0) is 44.2 Å². The Morgan fingerprint density at radius 1 is 0.909 bits per heavy atom. The zero-order chi connectivity index (χ0) is 22.6. The molecule has 2 amide bonds. The quantitative estimate of drug-likeness (QED) is 0.667. The van der Waals surface area contributed by atoms with E-state index in [0.29, 0.717) is 24.3 Å². The van der Waals surface area contributed by atoms with Crippen LogP contribution in [0.15, 0.2) is 54.9 Å². The standard InChI is InChI=1S/C26H29N5O2/c32-25(28-21-12-17-30(18-13-21)26(33)20-10-14-27-15-11-20)23-22-9-5-2-6-16-31(22)24(29-23)19-7-3-1-4-8-19/h1,3-4,7-8,10-11,14-15,21H,2,5-6,9,12-13,16-18H2,(H,28,32). The lowest BCUT2D eigenvalue weighted by Crippen LogP contribution is -2.46. The fourth-order valence-corrected chi connectivity index (χ4v) is 4.87. The molecule has 0 spiro atoms. The van der Waals surface area contributed by atoms with Crippen molar-refractivity contribution in [3.8, 4) is 11.4 Å². The summed E-state index contributed by atoms with van der Waals surface area (Å²) in [6.07, 6.45) is 8.98. The van der Waals surface area contributed by atoms with Gasteiger partial charge in [0.25, 0.3) is 11.8 Å². The molecule has 7 nitrogen and oxygen atoms in total. The van der Waals surface area contributed by atoms with E-state index in [1.54, 1.807) is 24.5 Å². The molecule has 33 heavy (non-hydrogen) atoms. The van der Waals surface area contributed by atoms with Crippen LogP contribution in [-0.4, -0.2) is 50.4 Å². The van der Waals surface area contributed by atoms with Crippen molar-refractivity contribution < 1.29 is 9.59 Å². The molecule has 1 fully saturated rings. The van der Waals surface area contributed by atoms with E-state index in [9.17, 15) is 9.59 Å². The lowest BCUT2D eigenvalue weighted by Gasteiger charge is -2.32. The number of piperidine rings is 1. The summed E-state index contributed by atoms with van der Waals surface area (Å²) in [5, 5.41) is 3.21. The molecule has 0 radical (unpaired) electrons. The minimum absolute atomic E-state index is 0.0223. The summed E-state index contributed by atoms with van der Waals surface area (Å²) < 4.78 is 2.24. The maximum atomic E-state index is 13.3. The van der Waals surface area contributed by atoms with Gasteiger partial charge in [-0.25, -0.2) is 4.98 Å². The highest BCUT2D eigenvalue weighted by molar-refractivity contribution is 5.95. The Labute approximate surface area is 193 Å². The number of carbonyl (C=O) groups is 2. The number of nitrogens with one attached hydrogen (secondary N) is 1. The molecule has 3 aromatic rings. The molecule has 0 aliphatic carbocycles. The van der Waals surface area contributed by atoms with Gasteiger partial charge >= 0.3 is 0 Å². The molecule has 5 rings (SSSR count). The maximum absolute atomic E-state index is 13.3. The Kier molecular flexibility index (Phi) is 6.19. The Bertz CT molecular complexity index is 1120. The number of imidazole rings is 1. The second-order valence-electron chi connectivity index (χ2n) is 8.83. The predicted molar refractivity (Wildman–Crippen MR) is 126 cm³/mol. The Hall–Kier alpha value is -3.48. The number of hydrogen-bond donors (Lipinski definition) is 1. The second-order valence-corrected chi connectivity index (χ2v) is 8.83. The van der Waals surface area contributed by atoms with Crippen LogP contribution in [0.3, 0.4) is 0 Å². The van der Waals surface area contributed by atoms with Crippen LogP contribution in [-0.2, 0) is 13.0 Å². The largest absolute Gasteiger partial charge is 0.348 e. The van der Waals surface area contributed by atoms with Crippen LogP contribution in [0.5, 0.6) is 0 Å². The Balaban J connectivity index is 1.29. The number of benzene rings is 1. The highest BCUT2D eigenvalue weighted by atomic mass is 16.2. The molecule has 2 aliphatic heterocycles. The highest BCUT2D eigenvalue weighted by Gasteiger charge is 2.28. The van der Waals surface area contributed by atoms with Gasteiger partial charge in [0.15, 0.2) is 0 Å². The van der Waals surface area contributed by atoms with Crippen molar-refractivity contribution in [1.82, 2.24) is 24.8 Å². The van der Waals surface area contributed by atoms with E-state index < -0.39 is 0 Å². The monoisotopic (exact) mass is 443 g/mol. The van der Waals surface area contributed by atoms with Gasteiger partial charge in [0.05, 0.1) is 5.69 Å². The normalized spacial score (nSPS) is 16.7. The van der Waals surface area contributed by atoms with Crippen LogP contribution in [0, 0.1) is 0 Å². The minimum atomic E-state index is -0.0956. The fraction of sp³-hybridized carbons (Fsp3) is 0.385. The van der Waals surface area contributed by atoms with Crippen molar-refractivity contribution in [3.63, 3.8) is 0 Å². The number of nitrogens with zero attached hydrogens (tertiary/aromatic N) is 4. The van der Waals surface area contributed by atoms with E-state index in [1.165, 1.54) is 6.42 Å². The average Bonchev–Trinajstić information content (AvgIpc) is 3.06. The lowest BCUT2D eigenvalue weighted by atomic mass is 10.0. The minimum Gasteiger partial charge on any atom is -0.348 e. The molecule has 1 saturated heterocycles. The van der Waals surface area contributed by atoms with Gasteiger partial charge in [-0.2, -0.15) is 0 Å². The molecule has 2 aliphatic rings. The smallest absolute Gasteiger partial charge is 0.272 e. The molecule has 2 aromatic heterocycles. The van der Waals surface area contributed by atoms with Gasteiger partial charge in [0.2, 0.25) is 0 Å². The third-order valence-electron chi connectivity index (χ3n) is 6.66. The lowest BCUT2D eigenvalue weighted by molar-refractivity contribution is 0.0697. The van der Waals surface area contributed by atoms with Gasteiger partial charge < -0.3 is 14.8 Å². The number of likely N-dealkylation sites (tertiary alicyclic amines) is 1. The molecule has 1 aromatic carbocycles. The number of hydrogen-bond acceptors (Lipinski definition) is 4. The molecule has 0 atom stereocenters. The average molecular weight is 444 g/mol. The predicted octanol–water partition coefficient (Wildman–Crippen LogP) is 3.71. The summed E-state index contributed by atoms with van der Waals surface area (Å²) in [4.78, 5) is 36.6. The Morgan fingerprint density at radius 3 is 2.42 bits per heavy atom. The van der Waals surface area contributed by atoms with E-state index in [0.717, 1.165) is 55.7 Å². The third kappa shape index (κ3) is 4.53. The van der Waals surface area contributed by atoms with E-state index in [2.05, 4.69) is 27.0 Å². The third-order valence-corrected chi connectivity index (χ3v) is 6.66. The van der Waals surface area contributed by atoms with Crippen molar-refractivity contribution >= 4 is 11.8 Å². The first kappa shape index (κ1) is 21.4. The van der Waals surface area contributed by atoms with Crippen LogP contribution >= 0.6 is 0 Å². The summed E-state index contributed by atoms with van der Waals surface area (Å²) in [6, 6.07) is 13.6. The number of carbonyl (C=O) groups excluding carboxylic acids is 2. The number of aromatic nitrogens is 3. The van der Waals surface area contributed by atoms with Crippen LogP contribution in [0.2, 0.25) is 0 Å². The first-order valence-electron chi connectivity index (χ1n) is 11.9. The molecule has 0 saturated carbocycles. The van der Waals surface area contributed by atoms with Crippen molar-refractivity contribution in [2.24, 2.45) is 0 Å². The number of fused-ring (bicyclic) bond motifs is 1. The fourth-order valence-electron chi connectivity index (χ4n) is 4.87. The van der Waals surface area contributed by atoms with Gasteiger partial charge in [0, 0.05) is 49.2 Å². The first-order chi connectivity index (χ1) is 16.2. The van der Waals surface area contributed by atoms with Gasteiger partial charge in [-0.1, -0.05) is 36.8 Å². The van der Waals surface area contributed by atoms with Crippen LogP contribution < -0.4 is 5.32 Å². The maximum Gasteiger partial charge on any atom is 0.272 e. The molecule has 4 heterocycles. The van der Waals surface area contributed by atoms with Crippen LogP contribution in [0.1, 0.15) is 58.6 Å². The van der Waals surface area contributed by atoms with Crippen molar-refractivity contribution in [1.29, 1.82) is 0 Å². The first-order valence-corrected chi connectivity index (χ1v) is 11.9. The van der Waals surface area contributed by atoms with E-state index in [1.807, 2.05) is 23.1 Å². The number of rotatable bonds is 4. The molecular weight excluding hydrogens is 414 g/mol. The molecule has 0 unspecified atom stereocenters. The van der Waals surface area contributed by atoms with Gasteiger partial charge in [0.1, 0.15) is 11.5 Å². The zero-order valence-electron chi connectivity index (χ0n) is 18.7. The van der Waals surface area contributed by atoms with Crippen molar-refractivity contribution in [3.05, 3.63) is 71.8 Å². The summed E-state index contributed by atoms with van der Waals surface area (Å²) >= 11 is 0. The van der Waals surface area contributed by atoms with Crippen LogP contribution in [0.25, 0.3) is 11.4 Å². The molecule has 7 heteroatoms. The van der Waals surface area contributed by atoms with Gasteiger partial charge in [-0.3, -0.25) is 14.6 Å². The zero-order valence-corrected chi connectivity index (χ0v) is 18.7.